The van der Waals surface area contributed by atoms with Crippen LogP contribution in [0.15, 0.2) is 0 Å². The molecule has 108 valence electrons. The van der Waals surface area contributed by atoms with E-state index in [1.807, 2.05) is 0 Å². The van der Waals surface area contributed by atoms with Crippen LogP contribution in [0.3, 0.4) is 0 Å². The number of thiazole rings is 1. The molecule has 0 fully saturated rings. The third-order valence-corrected chi connectivity index (χ3v) is 4.52. The number of rotatable bonds is 5. The van der Waals surface area contributed by atoms with Crippen LogP contribution in [0, 0.1) is 5.41 Å². The van der Waals surface area contributed by atoms with Crippen molar-refractivity contribution in [1.29, 1.82) is 0 Å². The first kappa shape index (κ1) is 14.8. The predicted molar refractivity (Wildman–Crippen MR) is 71.7 cm³/mol. The molecule has 0 amide bonds. The minimum atomic E-state index is -2.40. The maximum Gasteiger partial charge on any atom is 0.261 e. The Morgan fingerprint density at radius 3 is 2.95 bits per heavy atom. The molecule has 1 aromatic rings. The van der Waals surface area contributed by atoms with Crippen molar-refractivity contribution in [1.82, 2.24) is 4.98 Å². The Kier molecular flexibility index (Phi) is 4.53. The minimum Gasteiger partial charge on any atom is -0.375 e. The first-order valence-electron chi connectivity index (χ1n) is 6.47. The number of halogens is 2. The highest BCUT2D eigenvalue weighted by molar-refractivity contribution is 7.11. The normalized spacial score (nSPS) is 21.7. The number of hydrogen-bond donors (Lipinski definition) is 1. The highest BCUT2D eigenvalue weighted by atomic mass is 32.1. The van der Waals surface area contributed by atoms with Crippen molar-refractivity contribution in [3.05, 3.63) is 15.6 Å². The van der Waals surface area contributed by atoms with E-state index in [-0.39, 0.29) is 18.1 Å². The van der Waals surface area contributed by atoms with Gasteiger partial charge in [0.2, 0.25) is 0 Å². The van der Waals surface area contributed by atoms with Crippen LogP contribution in [0.1, 0.15) is 41.9 Å². The van der Waals surface area contributed by atoms with Crippen LogP contribution in [0.4, 0.5) is 8.78 Å². The van der Waals surface area contributed by atoms with E-state index in [4.69, 9.17) is 10.5 Å². The van der Waals surface area contributed by atoms with Crippen LogP contribution < -0.4 is 5.73 Å². The molecule has 0 saturated heterocycles. The van der Waals surface area contributed by atoms with Crippen LogP contribution in [-0.2, 0) is 17.6 Å². The van der Waals surface area contributed by atoms with E-state index in [2.05, 4.69) is 18.8 Å². The largest absolute Gasteiger partial charge is 0.375 e. The van der Waals surface area contributed by atoms with E-state index < -0.39 is 13.0 Å². The van der Waals surface area contributed by atoms with Gasteiger partial charge in [0.1, 0.15) is 6.61 Å². The van der Waals surface area contributed by atoms with Gasteiger partial charge in [-0.05, 0) is 18.3 Å². The molecule has 0 aromatic carbocycles. The summed E-state index contributed by atoms with van der Waals surface area (Å²) in [5.41, 5.74) is 7.44. The lowest BCUT2D eigenvalue weighted by atomic mass is 9.77. The number of fused-ring (bicyclic) bond motifs is 1. The molecule has 0 spiro atoms. The fourth-order valence-corrected chi connectivity index (χ4v) is 3.55. The molecule has 1 aliphatic carbocycles. The van der Waals surface area contributed by atoms with Crippen molar-refractivity contribution in [3.63, 3.8) is 0 Å². The summed E-state index contributed by atoms with van der Waals surface area (Å²) < 4.78 is 28.7. The number of ether oxygens (including phenoxy) is 1. The zero-order valence-corrected chi connectivity index (χ0v) is 12.1. The van der Waals surface area contributed by atoms with E-state index in [1.54, 1.807) is 11.3 Å². The molecule has 1 unspecified atom stereocenters. The van der Waals surface area contributed by atoms with Gasteiger partial charge in [0.05, 0.1) is 17.3 Å². The Morgan fingerprint density at radius 2 is 2.26 bits per heavy atom. The van der Waals surface area contributed by atoms with Gasteiger partial charge in [-0.1, -0.05) is 13.8 Å². The molecule has 3 nitrogen and oxygen atoms in total. The lowest BCUT2D eigenvalue weighted by Gasteiger charge is -2.32. The van der Waals surface area contributed by atoms with Gasteiger partial charge in [-0.2, -0.15) is 0 Å². The second-order valence-corrected chi connectivity index (χ2v) is 6.90. The van der Waals surface area contributed by atoms with Gasteiger partial charge in [0, 0.05) is 17.3 Å². The van der Waals surface area contributed by atoms with E-state index >= 15 is 0 Å². The van der Waals surface area contributed by atoms with Crippen molar-refractivity contribution in [2.75, 3.05) is 13.2 Å². The summed E-state index contributed by atoms with van der Waals surface area (Å²) in [5.74, 6) is 0. The molecule has 1 heterocycles. The van der Waals surface area contributed by atoms with Gasteiger partial charge >= 0.3 is 0 Å². The number of aromatic nitrogens is 1. The van der Waals surface area contributed by atoms with Crippen molar-refractivity contribution in [2.24, 2.45) is 11.1 Å². The van der Waals surface area contributed by atoms with Crippen molar-refractivity contribution >= 4 is 11.3 Å². The zero-order chi connectivity index (χ0) is 14.0. The smallest absolute Gasteiger partial charge is 0.261 e. The van der Waals surface area contributed by atoms with Gasteiger partial charge in [0.25, 0.3) is 6.43 Å². The molecule has 0 saturated carbocycles. The Hall–Kier alpha value is -0.590. The summed E-state index contributed by atoms with van der Waals surface area (Å²) in [6, 6.07) is 0.0481. The van der Waals surface area contributed by atoms with E-state index in [1.165, 1.54) is 0 Å². The van der Waals surface area contributed by atoms with Crippen LogP contribution in [0.25, 0.3) is 0 Å². The van der Waals surface area contributed by atoms with Crippen LogP contribution >= 0.6 is 11.3 Å². The van der Waals surface area contributed by atoms with Gasteiger partial charge in [-0.15, -0.1) is 11.3 Å². The lowest BCUT2D eigenvalue weighted by molar-refractivity contribution is 0.0187. The predicted octanol–water partition coefficient (Wildman–Crippen LogP) is 2.94. The van der Waals surface area contributed by atoms with Crippen molar-refractivity contribution < 1.29 is 13.5 Å². The summed E-state index contributed by atoms with van der Waals surface area (Å²) in [6.07, 6.45) is 0.0737. The van der Waals surface area contributed by atoms with Crippen molar-refractivity contribution in [2.45, 2.75) is 45.6 Å². The summed E-state index contributed by atoms with van der Waals surface area (Å²) in [4.78, 5) is 5.74. The monoisotopic (exact) mass is 290 g/mol. The molecule has 1 aliphatic rings. The molecular weight excluding hydrogens is 270 g/mol. The number of nitrogens with zero attached hydrogens (tertiary/aromatic N) is 1. The highest BCUT2D eigenvalue weighted by Crippen LogP contribution is 2.41. The number of nitrogens with two attached hydrogens (primary N) is 1. The van der Waals surface area contributed by atoms with Crippen LogP contribution in [0.2, 0.25) is 0 Å². The Bertz CT molecular complexity index is 434. The van der Waals surface area contributed by atoms with Crippen LogP contribution in [0.5, 0.6) is 0 Å². The van der Waals surface area contributed by atoms with Crippen LogP contribution in [-0.4, -0.2) is 24.6 Å². The molecule has 0 aliphatic heterocycles. The standard InChI is InChI=1S/C13H20F2N2OS/c1-13(2)5-8(16)12-9(6-13)17-11(19-12)3-4-18-7-10(14)15/h8,10H,3-7,16H2,1-2H3. The number of hydrogen-bond acceptors (Lipinski definition) is 4. The molecular formula is C13H20F2N2OS. The molecule has 2 rings (SSSR count). The SMILES string of the molecule is CC1(C)Cc2nc(CCOCC(F)F)sc2C(N)C1. The fraction of sp³-hybridized carbons (Fsp3) is 0.769. The second-order valence-electron chi connectivity index (χ2n) is 5.79. The zero-order valence-electron chi connectivity index (χ0n) is 11.3. The summed E-state index contributed by atoms with van der Waals surface area (Å²) in [6.45, 7) is 4.17. The molecule has 19 heavy (non-hydrogen) atoms. The third-order valence-electron chi connectivity index (χ3n) is 3.23. The molecule has 6 heteroatoms. The van der Waals surface area contributed by atoms with E-state index in [0.717, 1.165) is 28.4 Å². The number of alkyl halides is 2. The van der Waals surface area contributed by atoms with Gasteiger partial charge in [0.15, 0.2) is 0 Å². The molecule has 1 atom stereocenters. The average Bonchev–Trinajstić information content (AvgIpc) is 2.65. The highest BCUT2D eigenvalue weighted by Gasteiger charge is 2.33. The summed E-state index contributed by atoms with van der Waals surface area (Å²) in [5, 5.41) is 0.937. The molecule has 1 aromatic heterocycles. The first-order chi connectivity index (χ1) is 8.87. The Labute approximate surface area is 116 Å². The summed E-state index contributed by atoms with van der Waals surface area (Å²) >= 11 is 1.60. The maximum absolute atomic E-state index is 11.9. The topological polar surface area (TPSA) is 48.1 Å². The minimum absolute atomic E-state index is 0.0481. The molecule has 0 bridgehead atoms. The van der Waals surface area contributed by atoms with Crippen molar-refractivity contribution in [3.8, 4) is 0 Å². The second kappa shape index (κ2) is 5.81. The van der Waals surface area contributed by atoms with E-state index in [0.29, 0.717) is 6.42 Å². The maximum atomic E-state index is 11.9. The Balaban J connectivity index is 1.95. The molecule has 0 radical (unpaired) electrons. The van der Waals surface area contributed by atoms with Gasteiger partial charge < -0.3 is 10.5 Å². The van der Waals surface area contributed by atoms with Gasteiger partial charge in [-0.3, -0.25) is 0 Å². The fourth-order valence-electron chi connectivity index (χ4n) is 2.48. The summed E-state index contributed by atoms with van der Waals surface area (Å²) in [7, 11) is 0. The van der Waals surface area contributed by atoms with E-state index in [9.17, 15) is 8.78 Å². The van der Waals surface area contributed by atoms with Gasteiger partial charge in [-0.25, -0.2) is 13.8 Å². The first-order valence-corrected chi connectivity index (χ1v) is 7.29. The lowest BCUT2D eigenvalue weighted by Crippen LogP contribution is -2.28. The molecule has 2 N–H and O–H groups in total. The quantitative estimate of drug-likeness (QED) is 0.848. The third kappa shape index (κ3) is 3.94. The Morgan fingerprint density at radius 1 is 1.53 bits per heavy atom. The average molecular weight is 290 g/mol.